The molecule has 3 rings (SSSR count). The second-order valence-corrected chi connectivity index (χ2v) is 7.08. The highest BCUT2D eigenvalue weighted by atomic mass is 35.5. The highest BCUT2D eigenvalue weighted by Gasteiger charge is 2.15. The van der Waals surface area contributed by atoms with E-state index >= 15 is 0 Å². The number of aliphatic carboxylic acids is 1. The maximum Gasteiger partial charge on any atom is 0.341 e. The van der Waals surface area contributed by atoms with E-state index in [0.29, 0.717) is 17.4 Å². The average molecular weight is 408 g/mol. The molecule has 2 aromatic carbocycles. The molecule has 0 saturated carbocycles. The molecule has 0 aliphatic carbocycles. The number of fused-ring (bicyclic) bond motifs is 1. The van der Waals surface area contributed by atoms with Crippen LogP contribution in [0.3, 0.4) is 0 Å². The van der Waals surface area contributed by atoms with Crippen molar-refractivity contribution < 1.29 is 19.4 Å². The number of aromatic nitrogens is 1. The molecule has 0 aliphatic heterocycles. The second kappa shape index (κ2) is 8.11. The topological polar surface area (TPSA) is 71.5 Å². The molecular weight excluding hydrogens is 389 g/mol. The molecule has 1 unspecified atom stereocenters. The zero-order valence-corrected chi connectivity index (χ0v) is 16.4. The van der Waals surface area contributed by atoms with Gasteiger partial charge in [0.15, 0.2) is 12.4 Å². The molecule has 0 amide bonds. The molecule has 7 heteroatoms. The second-order valence-electron chi connectivity index (χ2n) is 6.26. The molecule has 2 N–H and O–H groups in total. The molecule has 0 saturated heterocycles. The van der Waals surface area contributed by atoms with Crippen LogP contribution in [0.1, 0.15) is 31.7 Å². The Morgan fingerprint density at radius 3 is 2.52 bits per heavy atom. The maximum absolute atomic E-state index is 10.6. The highest BCUT2D eigenvalue weighted by Crippen LogP contribution is 2.40. The molecule has 1 atom stereocenters. The predicted molar refractivity (Wildman–Crippen MR) is 107 cm³/mol. The van der Waals surface area contributed by atoms with Crippen LogP contribution in [-0.2, 0) is 4.79 Å². The van der Waals surface area contributed by atoms with Crippen molar-refractivity contribution in [1.82, 2.24) is 4.98 Å². The summed E-state index contributed by atoms with van der Waals surface area (Å²) in [5.41, 5.74) is 2.26. The third-order valence-corrected chi connectivity index (χ3v) is 4.94. The van der Waals surface area contributed by atoms with Gasteiger partial charge in [-0.05, 0) is 36.1 Å². The van der Waals surface area contributed by atoms with Gasteiger partial charge in [-0.2, -0.15) is 0 Å². The van der Waals surface area contributed by atoms with Crippen LogP contribution in [0.5, 0.6) is 17.2 Å². The Bertz CT molecular complexity index is 960. The molecule has 0 aliphatic rings. The molecule has 1 heterocycles. The summed E-state index contributed by atoms with van der Waals surface area (Å²) in [6.45, 7) is 3.85. The molecule has 5 nitrogen and oxygen atoms in total. The Kier molecular flexibility index (Phi) is 5.82. The van der Waals surface area contributed by atoms with Gasteiger partial charge < -0.3 is 19.6 Å². The summed E-state index contributed by atoms with van der Waals surface area (Å²) in [5, 5.41) is 10.3. The van der Waals surface area contributed by atoms with Crippen LogP contribution < -0.4 is 9.47 Å². The molecular formula is C20H19Cl2NO4. The zero-order chi connectivity index (χ0) is 19.6. The van der Waals surface area contributed by atoms with Crippen LogP contribution in [0.4, 0.5) is 0 Å². The van der Waals surface area contributed by atoms with Gasteiger partial charge in [-0.1, -0.05) is 37.0 Å². The lowest BCUT2D eigenvalue weighted by Crippen LogP contribution is -2.09. The van der Waals surface area contributed by atoms with Crippen LogP contribution in [0.2, 0.25) is 10.0 Å². The van der Waals surface area contributed by atoms with E-state index in [1.54, 1.807) is 0 Å². The summed E-state index contributed by atoms with van der Waals surface area (Å²) in [5.74, 6) is 0.502. The number of rotatable bonds is 7. The Labute approximate surface area is 166 Å². The first-order valence-electron chi connectivity index (χ1n) is 8.51. The van der Waals surface area contributed by atoms with E-state index in [-0.39, 0.29) is 15.8 Å². The van der Waals surface area contributed by atoms with Crippen molar-refractivity contribution in [3.05, 3.63) is 52.1 Å². The van der Waals surface area contributed by atoms with Gasteiger partial charge in [0.2, 0.25) is 0 Å². The van der Waals surface area contributed by atoms with Crippen LogP contribution in [0, 0.1) is 0 Å². The minimum atomic E-state index is -1.08. The van der Waals surface area contributed by atoms with Gasteiger partial charge in [-0.25, -0.2) is 4.79 Å². The largest absolute Gasteiger partial charge is 0.482 e. The van der Waals surface area contributed by atoms with Gasteiger partial charge in [0.25, 0.3) is 0 Å². The normalized spacial score (nSPS) is 12.1. The number of hydrogen-bond donors (Lipinski definition) is 2. The van der Waals surface area contributed by atoms with Crippen molar-refractivity contribution in [2.75, 3.05) is 6.61 Å². The van der Waals surface area contributed by atoms with E-state index in [9.17, 15) is 4.79 Å². The maximum atomic E-state index is 10.6. The number of halogens is 2. The number of carboxylic acid groups (broad SMARTS) is 1. The summed E-state index contributed by atoms with van der Waals surface area (Å²) in [6, 6.07) is 8.69. The molecule has 27 heavy (non-hydrogen) atoms. The van der Waals surface area contributed by atoms with E-state index in [1.807, 2.05) is 24.4 Å². The van der Waals surface area contributed by atoms with Gasteiger partial charge >= 0.3 is 5.97 Å². The van der Waals surface area contributed by atoms with Gasteiger partial charge in [-0.3, -0.25) is 0 Å². The molecule has 142 valence electrons. The first-order valence-corrected chi connectivity index (χ1v) is 9.27. The Morgan fingerprint density at radius 2 is 1.89 bits per heavy atom. The number of ether oxygens (including phenoxy) is 2. The lowest BCUT2D eigenvalue weighted by molar-refractivity contribution is -0.139. The smallest absolute Gasteiger partial charge is 0.341 e. The standard InChI is InChI=1S/C20H19Cl2NO4/c1-3-11(2)15-9-23-18-5-4-12(6-14(15)18)27-20-16(21)7-13(8-17(20)22)26-10-19(24)25/h4-9,11,23H,3,10H2,1-2H3,(H,24,25). The summed E-state index contributed by atoms with van der Waals surface area (Å²) >= 11 is 12.5. The average Bonchev–Trinajstić information content (AvgIpc) is 3.05. The SMILES string of the molecule is CCC(C)c1c[nH]c2ccc(Oc3c(Cl)cc(OCC(=O)O)cc3Cl)cc12. The molecule has 3 aromatic rings. The zero-order valence-electron chi connectivity index (χ0n) is 14.9. The Hall–Kier alpha value is -2.37. The van der Waals surface area contributed by atoms with E-state index in [2.05, 4.69) is 18.8 Å². The highest BCUT2D eigenvalue weighted by molar-refractivity contribution is 6.37. The Morgan fingerprint density at radius 1 is 1.19 bits per heavy atom. The van der Waals surface area contributed by atoms with E-state index in [0.717, 1.165) is 17.3 Å². The molecule has 0 radical (unpaired) electrons. The van der Waals surface area contributed by atoms with Gasteiger partial charge in [0.05, 0.1) is 10.0 Å². The predicted octanol–water partition coefficient (Wildman–Crippen LogP) is 6.24. The first-order chi connectivity index (χ1) is 12.9. The van der Waals surface area contributed by atoms with Gasteiger partial charge in [-0.15, -0.1) is 0 Å². The number of carboxylic acids is 1. The number of nitrogens with one attached hydrogen (secondary N) is 1. The minimum absolute atomic E-state index is 0.235. The quantitative estimate of drug-likeness (QED) is 0.485. The molecule has 0 spiro atoms. The third kappa shape index (κ3) is 4.31. The molecule has 1 aromatic heterocycles. The molecule has 0 fully saturated rings. The summed E-state index contributed by atoms with van der Waals surface area (Å²) in [4.78, 5) is 13.9. The van der Waals surface area contributed by atoms with Crippen molar-refractivity contribution >= 4 is 40.1 Å². The van der Waals surface area contributed by atoms with Crippen LogP contribution in [0.25, 0.3) is 10.9 Å². The van der Waals surface area contributed by atoms with Gasteiger partial charge in [0.1, 0.15) is 11.5 Å². The fraction of sp³-hybridized carbons (Fsp3) is 0.250. The molecule has 0 bridgehead atoms. The van der Waals surface area contributed by atoms with Crippen LogP contribution >= 0.6 is 23.2 Å². The van der Waals surface area contributed by atoms with Gasteiger partial charge in [0, 0.05) is 29.2 Å². The van der Waals surface area contributed by atoms with E-state index < -0.39 is 12.6 Å². The fourth-order valence-corrected chi connectivity index (χ4v) is 3.34. The van der Waals surface area contributed by atoms with E-state index in [4.69, 9.17) is 37.8 Å². The van der Waals surface area contributed by atoms with Crippen molar-refractivity contribution in [1.29, 1.82) is 0 Å². The number of benzene rings is 2. The van der Waals surface area contributed by atoms with Crippen molar-refractivity contribution in [3.63, 3.8) is 0 Å². The van der Waals surface area contributed by atoms with Crippen molar-refractivity contribution in [2.24, 2.45) is 0 Å². The summed E-state index contributed by atoms with van der Waals surface area (Å²) in [7, 11) is 0. The number of hydrogen-bond acceptors (Lipinski definition) is 3. The first kappa shape index (κ1) is 19.4. The number of aromatic amines is 1. The summed E-state index contributed by atoms with van der Waals surface area (Å²) < 4.78 is 11.0. The monoisotopic (exact) mass is 407 g/mol. The lowest BCUT2D eigenvalue weighted by atomic mass is 9.98. The number of carbonyl (C=O) groups is 1. The lowest BCUT2D eigenvalue weighted by Gasteiger charge is -2.13. The van der Waals surface area contributed by atoms with Crippen LogP contribution in [0.15, 0.2) is 36.5 Å². The number of H-pyrrole nitrogens is 1. The third-order valence-electron chi connectivity index (χ3n) is 4.38. The van der Waals surface area contributed by atoms with Crippen molar-refractivity contribution in [3.8, 4) is 17.2 Å². The Balaban J connectivity index is 1.89. The fourth-order valence-electron chi connectivity index (χ4n) is 2.79. The minimum Gasteiger partial charge on any atom is -0.482 e. The van der Waals surface area contributed by atoms with Crippen LogP contribution in [-0.4, -0.2) is 22.7 Å². The van der Waals surface area contributed by atoms with E-state index in [1.165, 1.54) is 17.7 Å². The van der Waals surface area contributed by atoms with Crippen molar-refractivity contribution in [2.45, 2.75) is 26.2 Å². The summed E-state index contributed by atoms with van der Waals surface area (Å²) in [6.07, 6.45) is 3.06.